The van der Waals surface area contributed by atoms with Crippen LogP contribution in [0.15, 0.2) is 48.8 Å². The monoisotopic (exact) mass is 350 g/mol. The van der Waals surface area contributed by atoms with E-state index < -0.39 is 6.04 Å². The Morgan fingerprint density at radius 2 is 2.04 bits per heavy atom. The zero-order valence-corrected chi connectivity index (χ0v) is 14.1. The molecule has 2 aliphatic rings. The van der Waals surface area contributed by atoms with E-state index in [1.807, 2.05) is 0 Å². The first-order chi connectivity index (χ1) is 12.6. The molecule has 3 heterocycles. The highest BCUT2D eigenvalue weighted by Gasteiger charge is 2.42. The predicted molar refractivity (Wildman–Crippen MR) is 95.7 cm³/mol. The van der Waals surface area contributed by atoms with Gasteiger partial charge in [-0.3, -0.25) is 19.4 Å². The van der Waals surface area contributed by atoms with Crippen molar-refractivity contribution in [2.24, 2.45) is 0 Å². The molecule has 0 spiro atoms. The number of amides is 3. The van der Waals surface area contributed by atoms with Gasteiger partial charge in [-0.15, -0.1) is 0 Å². The van der Waals surface area contributed by atoms with E-state index in [0.717, 1.165) is 6.42 Å². The first-order valence-electron chi connectivity index (χ1n) is 8.56. The highest BCUT2D eigenvalue weighted by atomic mass is 16.2. The summed E-state index contributed by atoms with van der Waals surface area (Å²) in [4.78, 5) is 45.4. The van der Waals surface area contributed by atoms with Crippen molar-refractivity contribution in [2.75, 3.05) is 23.3 Å². The Bertz CT molecular complexity index is 868. The van der Waals surface area contributed by atoms with E-state index in [1.54, 1.807) is 53.7 Å². The largest absolute Gasteiger partial charge is 0.327 e. The molecule has 1 saturated heterocycles. The molecule has 26 heavy (non-hydrogen) atoms. The molecule has 1 aromatic carbocycles. The maximum Gasteiger partial charge on any atom is 0.256 e. The van der Waals surface area contributed by atoms with Gasteiger partial charge in [0.05, 0.1) is 23.1 Å². The number of benzene rings is 1. The Balaban J connectivity index is 1.65. The summed E-state index contributed by atoms with van der Waals surface area (Å²) in [5.41, 5.74) is 1.50. The van der Waals surface area contributed by atoms with Crippen LogP contribution in [0.1, 0.15) is 23.2 Å². The summed E-state index contributed by atoms with van der Waals surface area (Å²) in [6, 6.07) is 9.90. The molecule has 2 aliphatic heterocycles. The fourth-order valence-corrected chi connectivity index (χ4v) is 3.55. The number of para-hydroxylation sites is 1. The van der Waals surface area contributed by atoms with Gasteiger partial charge in [-0.1, -0.05) is 12.1 Å². The van der Waals surface area contributed by atoms with Gasteiger partial charge in [0.2, 0.25) is 11.8 Å². The topological polar surface area (TPSA) is 82.6 Å². The maximum atomic E-state index is 13.1. The minimum absolute atomic E-state index is 0.147. The van der Waals surface area contributed by atoms with Gasteiger partial charge < -0.3 is 15.1 Å². The van der Waals surface area contributed by atoms with Crippen LogP contribution < -0.4 is 10.2 Å². The quantitative estimate of drug-likeness (QED) is 0.913. The number of nitrogens with zero attached hydrogens (tertiary/aromatic N) is 3. The van der Waals surface area contributed by atoms with E-state index in [2.05, 4.69) is 10.3 Å². The third-order valence-corrected chi connectivity index (χ3v) is 4.74. The van der Waals surface area contributed by atoms with Crippen molar-refractivity contribution in [1.82, 2.24) is 9.88 Å². The molecule has 1 unspecified atom stereocenters. The van der Waals surface area contributed by atoms with Crippen LogP contribution in [0.2, 0.25) is 0 Å². The summed E-state index contributed by atoms with van der Waals surface area (Å²) < 4.78 is 0. The van der Waals surface area contributed by atoms with Crippen molar-refractivity contribution in [1.29, 1.82) is 0 Å². The summed E-state index contributed by atoms with van der Waals surface area (Å²) in [7, 11) is 0. The lowest BCUT2D eigenvalue weighted by Gasteiger charge is -2.25. The van der Waals surface area contributed by atoms with Crippen molar-refractivity contribution < 1.29 is 14.4 Å². The average molecular weight is 350 g/mol. The second-order valence-corrected chi connectivity index (χ2v) is 6.39. The molecule has 2 aromatic rings. The van der Waals surface area contributed by atoms with Crippen LogP contribution >= 0.6 is 0 Å². The van der Waals surface area contributed by atoms with E-state index in [1.165, 1.54) is 4.90 Å². The average Bonchev–Trinajstić information content (AvgIpc) is 3.13. The van der Waals surface area contributed by atoms with Crippen LogP contribution in [0, 0.1) is 0 Å². The van der Waals surface area contributed by atoms with Crippen LogP contribution in [0.5, 0.6) is 0 Å². The zero-order valence-electron chi connectivity index (χ0n) is 14.1. The van der Waals surface area contributed by atoms with Crippen LogP contribution in [0.4, 0.5) is 11.4 Å². The molecule has 4 rings (SSSR count). The molecular weight excluding hydrogens is 332 g/mol. The smallest absolute Gasteiger partial charge is 0.256 e. The number of nitrogens with one attached hydrogen (secondary N) is 1. The minimum Gasteiger partial charge on any atom is -0.327 e. The third kappa shape index (κ3) is 2.81. The summed E-state index contributed by atoms with van der Waals surface area (Å²) in [5, 5.41) is 2.74. The molecule has 1 aromatic heterocycles. The molecule has 3 amide bonds. The number of carbonyl (C=O) groups excluding carboxylic acids is 3. The summed E-state index contributed by atoms with van der Waals surface area (Å²) in [5.74, 6) is -0.686. The number of hydrogen-bond acceptors (Lipinski definition) is 4. The number of fused-ring (bicyclic) bond motifs is 2. The predicted octanol–water partition coefficient (Wildman–Crippen LogP) is 1.67. The summed E-state index contributed by atoms with van der Waals surface area (Å²) in [6.45, 7) is 0.418. The molecule has 0 aliphatic carbocycles. The lowest BCUT2D eigenvalue weighted by molar-refractivity contribution is -0.124. The highest BCUT2D eigenvalue weighted by Crippen LogP contribution is 2.32. The van der Waals surface area contributed by atoms with Gasteiger partial charge >= 0.3 is 0 Å². The lowest BCUT2D eigenvalue weighted by Crippen LogP contribution is -2.47. The Kier molecular flexibility index (Phi) is 4.12. The molecule has 1 N–H and O–H groups in total. The van der Waals surface area contributed by atoms with Crippen molar-refractivity contribution >= 4 is 29.1 Å². The number of rotatable bonds is 3. The summed E-state index contributed by atoms with van der Waals surface area (Å²) in [6.07, 6.45) is 4.57. The van der Waals surface area contributed by atoms with E-state index >= 15 is 0 Å². The number of aromatic nitrogens is 1. The molecule has 1 atom stereocenters. The molecule has 0 radical (unpaired) electrons. The third-order valence-electron chi connectivity index (χ3n) is 4.74. The first-order valence-corrected chi connectivity index (χ1v) is 8.56. The number of anilines is 2. The molecule has 132 valence electrons. The Morgan fingerprint density at radius 3 is 2.85 bits per heavy atom. The lowest BCUT2D eigenvalue weighted by atomic mass is 10.1. The second kappa shape index (κ2) is 6.59. The SMILES string of the molecule is O=C(CN1C(=O)C2CCCN2C(=O)c2ccccc21)Nc1cccnc1. The van der Waals surface area contributed by atoms with Gasteiger partial charge in [0.15, 0.2) is 0 Å². The first kappa shape index (κ1) is 16.3. The zero-order chi connectivity index (χ0) is 18.1. The Hall–Kier alpha value is -3.22. The Morgan fingerprint density at radius 1 is 1.19 bits per heavy atom. The van der Waals surface area contributed by atoms with E-state index in [4.69, 9.17) is 0 Å². The van der Waals surface area contributed by atoms with Gasteiger partial charge in [-0.05, 0) is 37.1 Å². The van der Waals surface area contributed by atoms with E-state index in [9.17, 15) is 14.4 Å². The van der Waals surface area contributed by atoms with Gasteiger partial charge in [-0.2, -0.15) is 0 Å². The number of hydrogen-bond donors (Lipinski definition) is 1. The number of pyridine rings is 1. The van der Waals surface area contributed by atoms with Gasteiger partial charge in [0.25, 0.3) is 5.91 Å². The second-order valence-electron chi connectivity index (χ2n) is 6.39. The fourth-order valence-electron chi connectivity index (χ4n) is 3.55. The fraction of sp³-hybridized carbons (Fsp3) is 0.263. The minimum atomic E-state index is -0.499. The van der Waals surface area contributed by atoms with Crippen molar-refractivity contribution in [3.05, 3.63) is 54.4 Å². The van der Waals surface area contributed by atoms with Crippen LogP contribution in [0.25, 0.3) is 0 Å². The standard InChI is InChI=1S/C19H18N4O3/c24-17(21-13-5-3-9-20-11-13)12-23-15-7-2-1-6-14(15)18(25)22-10-4-8-16(22)19(23)26/h1-3,5-7,9,11,16H,4,8,10,12H2,(H,21,24). The van der Waals surface area contributed by atoms with E-state index in [-0.39, 0.29) is 24.3 Å². The molecule has 0 saturated carbocycles. The molecule has 7 heteroatoms. The molecule has 7 nitrogen and oxygen atoms in total. The van der Waals surface area contributed by atoms with Crippen molar-refractivity contribution in [3.8, 4) is 0 Å². The molecule has 1 fully saturated rings. The van der Waals surface area contributed by atoms with Gasteiger partial charge in [0, 0.05) is 12.7 Å². The Labute approximate surface area is 150 Å². The van der Waals surface area contributed by atoms with E-state index in [0.29, 0.717) is 29.9 Å². The summed E-state index contributed by atoms with van der Waals surface area (Å²) >= 11 is 0. The normalized spacial score (nSPS) is 19.0. The van der Waals surface area contributed by atoms with Gasteiger partial charge in [0.1, 0.15) is 12.6 Å². The van der Waals surface area contributed by atoms with Crippen LogP contribution in [-0.4, -0.2) is 46.7 Å². The van der Waals surface area contributed by atoms with Gasteiger partial charge in [-0.25, -0.2) is 0 Å². The molecule has 0 bridgehead atoms. The van der Waals surface area contributed by atoms with Crippen LogP contribution in [-0.2, 0) is 9.59 Å². The van der Waals surface area contributed by atoms with Crippen LogP contribution in [0.3, 0.4) is 0 Å². The molecular formula is C19H18N4O3. The maximum absolute atomic E-state index is 13.1. The van der Waals surface area contributed by atoms with Crippen molar-refractivity contribution in [3.63, 3.8) is 0 Å². The number of carbonyl (C=O) groups is 3. The van der Waals surface area contributed by atoms with Crippen molar-refractivity contribution in [2.45, 2.75) is 18.9 Å². The highest BCUT2D eigenvalue weighted by molar-refractivity contribution is 6.13.